The van der Waals surface area contributed by atoms with Gasteiger partial charge in [0.25, 0.3) is 5.91 Å². The van der Waals surface area contributed by atoms with Crippen LogP contribution in [-0.4, -0.2) is 50.0 Å². The van der Waals surface area contributed by atoms with E-state index in [4.69, 9.17) is 4.74 Å². The second-order valence-corrected chi connectivity index (χ2v) is 4.06. The number of amides is 1. The van der Waals surface area contributed by atoms with Crippen LogP contribution in [0, 0.1) is 0 Å². The van der Waals surface area contributed by atoms with Gasteiger partial charge < -0.3 is 20.3 Å². The molecule has 0 fully saturated rings. The number of carbonyl (C=O) groups excluding carboxylic acids is 1. The predicted octanol–water partition coefficient (Wildman–Crippen LogP) is -0.640. The largest absolute Gasteiger partial charge is 0.475 e. The van der Waals surface area contributed by atoms with Crippen molar-refractivity contribution in [3.63, 3.8) is 0 Å². The number of ether oxygens (including phenoxy) is 1. The van der Waals surface area contributed by atoms with Gasteiger partial charge in [-0.15, -0.1) is 0 Å². The van der Waals surface area contributed by atoms with E-state index in [0.717, 1.165) is 0 Å². The van der Waals surface area contributed by atoms with Crippen molar-refractivity contribution < 1.29 is 19.7 Å². The number of aliphatic hydroxyl groups excluding tert-OH is 1. The van der Waals surface area contributed by atoms with Crippen LogP contribution in [0.1, 0.15) is 10.5 Å². The lowest BCUT2D eigenvalue weighted by atomic mass is 10.3. The first kappa shape index (κ1) is 14.8. The Bertz CT molecular complexity index is 565. The average Bonchev–Trinajstić information content (AvgIpc) is 2.52. The Hall–Kier alpha value is -2.58. The highest BCUT2D eigenvalue weighted by molar-refractivity contribution is 5.92. The summed E-state index contributed by atoms with van der Waals surface area (Å²) >= 11 is 0. The van der Waals surface area contributed by atoms with Crippen molar-refractivity contribution in [2.24, 2.45) is 0 Å². The highest BCUT2D eigenvalue weighted by Crippen LogP contribution is 2.05. The molecular weight excluding hydrogens is 276 g/mol. The summed E-state index contributed by atoms with van der Waals surface area (Å²) in [4.78, 5) is 23.4. The molecule has 2 heterocycles. The van der Waals surface area contributed by atoms with Gasteiger partial charge in [0, 0.05) is 24.7 Å². The van der Waals surface area contributed by atoms with Crippen molar-refractivity contribution in [1.82, 2.24) is 20.3 Å². The standard InChI is InChI=1S/C13H14N4O4/c18-12(9-7-14-5-6-15-9)17-10(13(19)20)8-21-11-3-1-2-4-16-11/h1-7,10,13,19-20H,8H2,(H,17,18)/t10-/m1/s1. The van der Waals surface area contributed by atoms with E-state index in [1.54, 1.807) is 18.2 Å². The van der Waals surface area contributed by atoms with Crippen molar-refractivity contribution in [3.8, 4) is 5.88 Å². The van der Waals surface area contributed by atoms with Crippen LogP contribution < -0.4 is 10.1 Å². The van der Waals surface area contributed by atoms with Crippen molar-refractivity contribution in [1.29, 1.82) is 0 Å². The van der Waals surface area contributed by atoms with E-state index in [9.17, 15) is 15.0 Å². The number of hydrogen-bond donors (Lipinski definition) is 3. The summed E-state index contributed by atoms with van der Waals surface area (Å²) in [5.41, 5.74) is 0.0704. The molecule has 2 aromatic rings. The molecule has 0 bridgehead atoms. The number of nitrogens with one attached hydrogen (secondary N) is 1. The summed E-state index contributed by atoms with van der Waals surface area (Å²) in [6.45, 7) is -0.152. The molecule has 1 amide bonds. The topological polar surface area (TPSA) is 117 Å². The summed E-state index contributed by atoms with van der Waals surface area (Å²) in [5.74, 6) is -0.261. The fourth-order valence-corrected chi connectivity index (χ4v) is 1.47. The number of aliphatic hydroxyl groups is 2. The number of aromatic nitrogens is 3. The van der Waals surface area contributed by atoms with Crippen LogP contribution in [-0.2, 0) is 0 Å². The molecule has 8 nitrogen and oxygen atoms in total. The van der Waals surface area contributed by atoms with Crippen molar-refractivity contribution >= 4 is 5.91 Å². The minimum Gasteiger partial charge on any atom is -0.475 e. The molecule has 0 spiro atoms. The maximum Gasteiger partial charge on any atom is 0.271 e. The number of carbonyl (C=O) groups is 1. The zero-order valence-electron chi connectivity index (χ0n) is 11.0. The minimum absolute atomic E-state index is 0.0704. The Morgan fingerprint density at radius 1 is 1.24 bits per heavy atom. The molecule has 0 aliphatic carbocycles. The number of rotatable bonds is 6. The SMILES string of the molecule is O=C(N[C@H](COc1ccccn1)C(O)O)c1cnccn1. The minimum atomic E-state index is -1.78. The smallest absolute Gasteiger partial charge is 0.271 e. The average molecular weight is 290 g/mol. The summed E-state index contributed by atoms with van der Waals surface area (Å²) in [6.07, 6.45) is 3.82. The highest BCUT2D eigenvalue weighted by Gasteiger charge is 2.21. The molecule has 21 heavy (non-hydrogen) atoms. The van der Waals surface area contributed by atoms with Crippen LogP contribution in [0.3, 0.4) is 0 Å². The maximum absolute atomic E-state index is 11.9. The monoisotopic (exact) mass is 290 g/mol. The van der Waals surface area contributed by atoms with E-state index in [-0.39, 0.29) is 12.3 Å². The van der Waals surface area contributed by atoms with Crippen molar-refractivity contribution in [2.45, 2.75) is 12.3 Å². The van der Waals surface area contributed by atoms with Gasteiger partial charge in [-0.25, -0.2) is 9.97 Å². The van der Waals surface area contributed by atoms with Crippen LogP contribution in [0.25, 0.3) is 0 Å². The lowest BCUT2D eigenvalue weighted by molar-refractivity contribution is -0.0736. The van der Waals surface area contributed by atoms with Crippen molar-refractivity contribution in [2.75, 3.05) is 6.61 Å². The number of nitrogens with zero attached hydrogens (tertiary/aromatic N) is 3. The fraction of sp³-hybridized carbons (Fsp3) is 0.231. The zero-order chi connectivity index (χ0) is 15.1. The van der Waals surface area contributed by atoms with Gasteiger partial charge in [-0.3, -0.25) is 9.78 Å². The fourth-order valence-electron chi connectivity index (χ4n) is 1.47. The highest BCUT2D eigenvalue weighted by atomic mass is 16.5. The molecule has 1 atom stereocenters. The molecule has 0 saturated heterocycles. The number of hydrogen-bond acceptors (Lipinski definition) is 7. The third-order valence-electron chi connectivity index (χ3n) is 2.52. The van der Waals surface area contributed by atoms with Crippen molar-refractivity contribution in [3.05, 3.63) is 48.7 Å². The summed E-state index contributed by atoms with van der Waals surface area (Å²) in [5, 5.41) is 21.0. The second-order valence-electron chi connectivity index (χ2n) is 4.06. The van der Waals surface area contributed by atoms with Crippen LogP contribution in [0.5, 0.6) is 5.88 Å². The molecule has 8 heteroatoms. The van der Waals surface area contributed by atoms with Gasteiger partial charge in [0.1, 0.15) is 18.3 Å². The lowest BCUT2D eigenvalue weighted by Gasteiger charge is -2.20. The molecule has 0 aliphatic rings. The third-order valence-corrected chi connectivity index (χ3v) is 2.52. The summed E-state index contributed by atoms with van der Waals surface area (Å²) in [7, 11) is 0. The summed E-state index contributed by atoms with van der Waals surface area (Å²) in [6, 6.07) is 4.04. The van der Waals surface area contributed by atoms with Gasteiger partial charge >= 0.3 is 0 Å². The third kappa shape index (κ3) is 4.48. The first-order valence-electron chi connectivity index (χ1n) is 6.13. The summed E-state index contributed by atoms with van der Waals surface area (Å²) < 4.78 is 5.28. The molecule has 2 rings (SSSR count). The molecule has 0 aromatic carbocycles. The Morgan fingerprint density at radius 3 is 2.71 bits per heavy atom. The Morgan fingerprint density at radius 2 is 2.10 bits per heavy atom. The van der Waals surface area contributed by atoms with E-state index in [1.165, 1.54) is 24.8 Å². The normalized spacial score (nSPS) is 12.0. The number of pyridine rings is 1. The van der Waals surface area contributed by atoms with E-state index >= 15 is 0 Å². The van der Waals surface area contributed by atoms with Crippen LogP contribution in [0.15, 0.2) is 43.0 Å². The first-order chi connectivity index (χ1) is 10.2. The molecule has 2 aromatic heterocycles. The van der Waals surface area contributed by atoms with Crippen LogP contribution in [0.2, 0.25) is 0 Å². The van der Waals surface area contributed by atoms with E-state index in [1.807, 2.05) is 0 Å². The Kier molecular flexibility index (Phi) is 5.13. The molecule has 0 unspecified atom stereocenters. The molecule has 110 valence electrons. The van der Waals surface area contributed by atoms with Crippen LogP contribution >= 0.6 is 0 Å². The van der Waals surface area contributed by atoms with Gasteiger partial charge in [-0.1, -0.05) is 6.07 Å². The zero-order valence-corrected chi connectivity index (χ0v) is 11.0. The Labute approximate surface area is 120 Å². The van der Waals surface area contributed by atoms with Crippen LogP contribution in [0.4, 0.5) is 0 Å². The predicted molar refractivity (Wildman–Crippen MR) is 71.2 cm³/mol. The molecule has 3 N–H and O–H groups in total. The maximum atomic E-state index is 11.9. The van der Waals surface area contributed by atoms with Gasteiger partial charge in [-0.05, 0) is 6.07 Å². The molecular formula is C13H14N4O4. The quantitative estimate of drug-likeness (QED) is 0.606. The molecule has 0 saturated carbocycles. The lowest BCUT2D eigenvalue weighted by Crippen LogP contribution is -2.47. The van der Waals surface area contributed by atoms with E-state index in [0.29, 0.717) is 5.88 Å². The molecule has 0 aliphatic heterocycles. The Balaban J connectivity index is 1.95. The first-order valence-corrected chi connectivity index (χ1v) is 6.13. The van der Waals surface area contributed by atoms with Gasteiger partial charge in [0.2, 0.25) is 5.88 Å². The van der Waals surface area contributed by atoms with Gasteiger partial charge in [0.15, 0.2) is 6.29 Å². The van der Waals surface area contributed by atoms with E-state index < -0.39 is 18.2 Å². The van der Waals surface area contributed by atoms with Gasteiger partial charge in [0.05, 0.1) is 6.20 Å². The van der Waals surface area contributed by atoms with Gasteiger partial charge in [-0.2, -0.15) is 0 Å². The molecule has 0 radical (unpaired) electrons. The van der Waals surface area contributed by atoms with E-state index in [2.05, 4.69) is 20.3 Å². The second kappa shape index (κ2) is 7.27.